The quantitative estimate of drug-likeness (QED) is 0.444. The Morgan fingerprint density at radius 2 is 1.59 bits per heavy atom. The van der Waals surface area contributed by atoms with Gasteiger partial charge in [-0.15, -0.1) is 0 Å². The van der Waals surface area contributed by atoms with Crippen molar-refractivity contribution in [2.45, 2.75) is 6.92 Å². The van der Waals surface area contributed by atoms with E-state index in [4.69, 9.17) is 0 Å². The molecule has 3 rings (SSSR count). The molecule has 2 heteroatoms. The maximum absolute atomic E-state index is 11.8. The molecule has 0 aliphatic heterocycles. The third-order valence-corrected chi connectivity index (χ3v) is 3.01. The third-order valence-electron chi connectivity index (χ3n) is 3.01. The molecule has 0 unspecified atom stereocenters. The molecule has 0 saturated heterocycles. The summed E-state index contributed by atoms with van der Waals surface area (Å²) in [5.41, 5.74) is 2.95. The van der Waals surface area contributed by atoms with Crippen LogP contribution in [0, 0.1) is 19.8 Å². The van der Waals surface area contributed by atoms with Crippen LogP contribution in [0.3, 0.4) is 0 Å². The maximum atomic E-state index is 11.8. The fourth-order valence-corrected chi connectivity index (χ4v) is 1.81. The molecule has 0 atom stereocenters. The van der Waals surface area contributed by atoms with Crippen LogP contribution < -0.4 is 0 Å². The molecule has 0 bridgehead atoms. The van der Waals surface area contributed by atoms with Gasteiger partial charge in [0.2, 0.25) is 0 Å². The number of allylic oxidation sites excluding steroid dienone is 10. The molecular weight excluding hydrogens is 312 g/mol. The van der Waals surface area contributed by atoms with Gasteiger partial charge in [-0.25, -0.2) is 0 Å². The van der Waals surface area contributed by atoms with Gasteiger partial charge in [-0.2, -0.15) is 0 Å². The average Bonchev–Trinajstić information content (AvgIpc) is 3.21. The van der Waals surface area contributed by atoms with Crippen molar-refractivity contribution >= 4 is 5.78 Å². The van der Waals surface area contributed by atoms with E-state index in [2.05, 4.69) is 0 Å². The van der Waals surface area contributed by atoms with Gasteiger partial charge in [0.05, 0.1) is 0 Å². The molecular formula is C20H18FeO. The molecule has 0 amide bonds. The number of aryl methyl sites for hydroxylation is 1. The summed E-state index contributed by atoms with van der Waals surface area (Å²) < 4.78 is 0. The van der Waals surface area contributed by atoms with Crippen molar-refractivity contribution in [3.8, 4) is 0 Å². The zero-order chi connectivity index (χ0) is 14.9. The molecule has 22 heavy (non-hydrogen) atoms. The van der Waals surface area contributed by atoms with E-state index in [1.54, 1.807) is 6.08 Å². The molecule has 0 saturated carbocycles. The molecule has 0 N–H and O–H groups in total. The normalized spacial score (nSPS) is 14.5. The zero-order valence-corrected chi connectivity index (χ0v) is 13.5. The van der Waals surface area contributed by atoms with Crippen molar-refractivity contribution in [1.82, 2.24) is 0 Å². The Hall–Kier alpha value is -1.89. The summed E-state index contributed by atoms with van der Waals surface area (Å²) in [5, 5.41) is 0. The number of rotatable bonds is 3. The van der Waals surface area contributed by atoms with E-state index in [0.29, 0.717) is 0 Å². The van der Waals surface area contributed by atoms with Gasteiger partial charge < -0.3 is 0 Å². The van der Waals surface area contributed by atoms with E-state index < -0.39 is 0 Å². The average molecular weight is 330 g/mol. The van der Waals surface area contributed by atoms with Gasteiger partial charge in [0, 0.05) is 35.5 Å². The van der Waals surface area contributed by atoms with E-state index >= 15 is 0 Å². The van der Waals surface area contributed by atoms with Crippen LogP contribution in [0.15, 0.2) is 84.5 Å². The molecule has 0 spiro atoms. The second-order valence-electron chi connectivity index (χ2n) is 4.74. The Bertz CT molecular complexity index is 618. The topological polar surface area (TPSA) is 17.1 Å². The summed E-state index contributed by atoms with van der Waals surface area (Å²) in [4.78, 5) is 11.8. The van der Waals surface area contributed by atoms with E-state index in [9.17, 15) is 4.79 Å². The van der Waals surface area contributed by atoms with Crippen LogP contribution in [0.25, 0.3) is 0 Å². The van der Waals surface area contributed by atoms with Gasteiger partial charge >= 0.3 is 0 Å². The van der Waals surface area contributed by atoms with Crippen LogP contribution in [0.4, 0.5) is 0 Å². The van der Waals surface area contributed by atoms with Gasteiger partial charge in [0.1, 0.15) is 0 Å². The van der Waals surface area contributed by atoms with E-state index in [1.807, 2.05) is 92.6 Å². The number of benzene rings is 1. The summed E-state index contributed by atoms with van der Waals surface area (Å²) in [6, 6.07) is 7.60. The summed E-state index contributed by atoms with van der Waals surface area (Å²) in [6.07, 6.45) is 21.3. The number of carbonyl (C=O) groups excluding carboxylic acids is 1. The summed E-state index contributed by atoms with van der Waals surface area (Å²) >= 11 is 0. The first-order valence-electron chi connectivity index (χ1n) is 6.93. The van der Waals surface area contributed by atoms with E-state index in [-0.39, 0.29) is 22.9 Å². The molecule has 0 heterocycles. The monoisotopic (exact) mass is 330 g/mol. The first-order chi connectivity index (χ1) is 10.3. The molecule has 2 radical (unpaired) electrons. The zero-order valence-electron chi connectivity index (χ0n) is 12.4. The smallest absolute Gasteiger partial charge is 0.185 e. The van der Waals surface area contributed by atoms with Gasteiger partial charge in [0.25, 0.3) is 0 Å². The number of ketones is 1. The summed E-state index contributed by atoms with van der Waals surface area (Å²) in [5.74, 6) is 0.0428. The minimum Gasteiger partial charge on any atom is -0.289 e. The van der Waals surface area contributed by atoms with Gasteiger partial charge in [-0.1, -0.05) is 78.4 Å². The van der Waals surface area contributed by atoms with Crippen LogP contribution in [0.1, 0.15) is 15.9 Å². The Balaban J connectivity index is 0.000000344. The minimum atomic E-state index is 0. The van der Waals surface area contributed by atoms with Crippen molar-refractivity contribution in [2.75, 3.05) is 0 Å². The van der Waals surface area contributed by atoms with E-state index in [1.165, 1.54) is 0 Å². The van der Waals surface area contributed by atoms with Crippen LogP contribution in [-0.4, -0.2) is 5.78 Å². The molecule has 0 fully saturated rings. The van der Waals surface area contributed by atoms with Gasteiger partial charge in [-0.3, -0.25) is 4.79 Å². The van der Waals surface area contributed by atoms with Crippen LogP contribution >= 0.6 is 0 Å². The molecule has 1 nitrogen and oxygen atoms in total. The summed E-state index contributed by atoms with van der Waals surface area (Å²) in [7, 11) is 0. The van der Waals surface area contributed by atoms with Crippen LogP contribution in [-0.2, 0) is 17.1 Å². The van der Waals surface area contributed by atoms with Crippen LogP contribution in [0.2, 0.25) is 0 Å². The fourth-order valence-electron chi connectivity index (χ4n) is 1.81. The third kappa shape index (κ3) is 6.26. The Morgan fingerprint density at radius 3 is 2.09 bits per heavy atom. The largest absolute Gasteiger partial charge is 0.289 e. The molecule has 0 aromatic heterocycles. The molecule has 2 aliphatic carbocycles. The van der Waals surface area contributed by atoms with Gasteiger partial charge in [0.15, 0.2) is 5.78 Å². The molecule has 2 aliphatic rings. The second-order valence-corrected chi connectivity index (χ2v) is 4.74. The van der Waals surface area contributed by atoms with Crippen molar-refractivity contribution in [3.63, 3.8) is 0 Å². The Labute approximate surface area is 143 Å². The standard InChI is InChI=1S/C15H13O.C5H5.Fe/c1-12-6-9-14(10-7-12)15(16)11-8-13-4-2-3-5-13;1-2-4-5-3-1;/h2-11H,1H3;1-5H;/b11-8+;;. The minimum absolute atomic E-state index is 0. The first-order valence-corrected chi connectivity index (χ1v) is 6.93. The summed E-state index contributed by atoms with van der Waals surface area (Å²) in [6.45, 7) is 2.01. The predicted molar refractivity (Wildman–Crippen MR) is 88.8 cm³/mol. The predicted octanol–water partition coefficient (Wildman–Crippen LogP) is 4.75. The Morgan fingerprint density at radius 1 is 0.909 bits per heavy atom. The number of hydrogen-bond acceptors (Lipinski definition) is 1. The Kier molecular flexibility index (Phi) is 8.20. The van der Waals surface area contributed by atoms with Crippen molar-refractivity contribution in [3.05, 3.63) is 108 Å². The number of hydrogen-bond donors (Lipinski definition) is 0. The van der Waals surface area contributed by atoms with Crippen molar-refractivity contribution in [1.29, 1.82) is 0 Å². The van der Waals surface area contributed by atoms with Crippen molar-refractivity contribution < 1.29 is 21.9 Å². The van der Waals surface area contributed by atoms with Gasteiger partial charge in [-0.05, 0) is 18.6 Å². The maximum Gasteiger partial charge on any atom is 0.185 e. The fraction of sp³-hybridized carbons (Fsp3) is 0.0500. The molecule has 1 aromatic carbocycles. The van der Waals surface area contributed by atoms with E-state index in [0.717, 1.165) is 16.7 Å². The first kappa shape index (κ1) is 18.2. The number of carbonyl (C=O) groups is 1. The molecule has 1 aromatic rings. The van der Waals surface area contributed by atoms with Crippen molar-refractivity contribution in [2.24, 2.45) is 0 Å². The molecule has 112 valence electrons. The second kappa shape index (κ2) is 9.94. The SMILES string of the molecule is Cc1ccc(C(=O)/C=C/C2=CC=C[CH]2)cc1.[CH]1C=CC=C1.[Fe]. The van der Waals surface area contributed by atoms with Crippen LogP contribution in [0.5, 0.6) is 0 Å².